The molecule has 1 aromatic carbocycles. The van der Waals surface area contributed by atoms with Crippen LogP contribution >= 0.6 is 11.6 Å². The summed E-state index contributed by atoms with van der Waals surface area (Å²) in [6.45, 7) is 4.88. The molecule has 0 saturated carbocycles. The second-order valence-corrected chi connectivity index (χ2v) is 4.46. The van der Waals surface area contributed by atoms with Crippen molar-refractivity contribution >= 4 is 11.6 Å². The molecule has 4 nitrogen and oxygen atoms in total. The molecular weight excluding hydrogens is 266 g/mol. The second kappa shape index (κ2) is 9.02. The summed E-state index contributed by atoms with van der Waals surface area (Å²) in [6, 6.07) is 3.71. The average molecular weight is 288 g/mol. The number of methoxy groups -OCH3 is 2. The van der Waals surface area contributed by atoms with Crippen molar-refractivity contribution in [2.45, 2.75) is 19.9 Å². The first-order valence-corrected chi connectivity index (χ1v) is 6.79. The summed E-state index contributed by atoms with van der Waals surface area (Å²) in [6.07, 6.45) is 0.975. The lowest BCUT2D eigenvalue weighted by Gasteiger charge is -2.13. The molecule has 0 aromatic heterocycles. The van der Waals surface area contributed by atoms with Gasteiger partial charge in [-0.15, -0.1) is 0 Å². The Labute approximate surface area is 120 Å². The fourth-order valence-corrected chi connectivity index (χ4v) is 1.93. The summed E-state index contributed by atoms with van der Waals surface area (Å²) in [7, 11) is 3.31. The van der Waals surface area contributed by atoms with Crippen LogP contribution in [0.1, 0.15) is 18.9 Å². The van der Waals surface area contributed by atoms with E-state index in [4.69, 9.17) is 25.8 Å². The zero-order chi connectivity index (χ0) is 14.1. The minimum Gasteiger partial charge on any atom is -0.493 e. The van der Waals surface area contributed by atoms with Gasteiger partial charge in [0.2, 0.25) is 0 Å². The van der Waals surface area contributed by atoms with Crippen LogP contribution in [0.25, 0.3) is 0 Å². The highest BCUT2D eigenvalue weighted by Gasteiger charge is 2.09. The average Bonchev–Trinajstić information content (AvgIpc) is 2.41. The van der Waals surface area contributed by atoms with Gasteiger partial charge in [0, 0.05) is 31.4 Å². The molecule has 0 saturated heterocycles. The fraction of sp³-hybridized carbons (Fsp3) is 0.571. The molecule has 0 aliphatic carbocycles. The summed E-state index contributed by atoms with van der Waals surface area (Å²) in [4.78, 5) is 0. The van der Waals surface area contributed by atoms with E-state index in [0.717, 1.165) is 30.9 Å². The van der Waals surface area contributed by atoms with Gasteiger partial charge in [0.15, 0.2) is 11.5 Å². The van der Waals surface area contributed by atoms with E-state index < -0.39 is 0 Å². The van der Waals surface area contributed by atoms with Gasteiger partial charge in [0.25, 0.3) is 0 Å². The topological polar surface area (TPSA) is 39.7 Å². The standard InChI is InChI=1S/C14H22ClNO3/c1-4-19-14-8-11(10-16-6-5-7-17-2)12(15)9-13(14)18-3/h8-9,16H,4-7,10H2,1-3H3. The van der Waals surface area contributed by atoms with Gasteiger partial charge in [-0.2, -0.15) is 0 Å². The summed E-state index contributed by atoms with van der Waals surface area (Å²) < 4.78 is 15.8. The third kappa shape index (κ3) is 5.27. The van der Waals surface area contributed by atoms with Crippen molar-refractivity contribution in [1.29, 1.82) is 0 Å². The first kappa shape index (κ1) is 16.1. The van der Waals surface area contributed by atoms with Gasteiger partial charge < -0.3 is 19.5 Å². The van der Waals surface area contributed by atoms with Crippen LogP contribution in [0.15, 0.2) is 12.1 Å². The molecule has 0 heterocycles. The van der Waals surface area contributed by atoms with E-state index in [1.807, 2.05) is 13.0 Å². The monoisotopic (exact) mass is 287 g/mol. The van der Waals surface area contributed by atoms with Crippen molar-refractivity contribution in [3.8, 4) is 11.5 Å². The maximum atomic E-state index is 6.22. The van der Waals surface area contributed by atoms with Crippen LogP contribution in [0.3, 0.4) is 0 Å². The molecule has 19 heavy (non-hydrogen) atoms. The number of halogens is 1. The summed E-state index contributed by atoms with van der Waals surface area (Å²) >= 11 is 6.22. The van der Waals surface area contributed by atoms with Crippen LogP contribution in [0.2, 0.25) is 5.02 Å². The number of hydrogen-bond donors (Lipinski definition) is 1. The third-order valence-electron chi connectivity index (χ3n) is 2.65. The van der Waals surface area contributed by atoms with Gasteiger partial charge in [-0.05, 0) is 31.5 Å². The van der Waals surface area contributed by atoms with Gasteiger partial charge in [-0.25, -0.2) is 0 Å². The van der Waals surface area contributed by atoms with Crippen molar-refractivity contribution < 1.29 is 14.2 Å². The lowest BCUT2D eigenvalue weighted by molar-refractivity contribution is 0.194. The highest BCUT2D eigenvalue weighted by atomic mass is 35.5. The molecule has 1 rings (SSSR count). The van der Waals surface area contributed by atoms with Crippen LogP contribution in [0.5, 0.6) is 11.5 Å². The smallest absolute Gasteiger partial charge is 0.162 e. The Morgan fingerprint density at radius 2 is 2.00 bits per heavy atom. The first-order chi connectivity index (χ1) is 9.22. The van der Waals surface area contributed by atoms with E-state index in [0.29, 0.717) is 23.9 Å². The van der Waals surface area contributed by atoms with Gasteiger partial charge >= 0.3 is 0 Å². The third-order valence-corrected chi connectivity index (χ3v) is 3.00. The molecule has 0 spiro atoms. The highest BCUT2D eigenvalue weighted by molar-refractivity contribution is 6.31. The van der Waals surface area contributed by atoms with E-state index in [9.17, 15) is 0 Å². The Bertz CT molecular complexity index is 385. The van der Waals surface area contributed by atoms with E-state index in [1.54, 1.807) is 20.3 Å². The van der Waals surface area contributed by atoms with Crippen LogP contribution < -0.4 is 14.8 Å². The fourth-order valence-electron chi connectivity index (χ4n) is 1.71. The molecular formula is C14H22ClNO3. The molecule has 0 atom stereocenters. The SMILES string of the molecule is CCOc1cc(CNCCCOC)c(Cl)cc1OC. The molecule has 5 heteroatoms. The Hall–Kier alpha value is -0.970. The first-order valence-electron chi connectivity index (χ1n) is 6.41. The Balaban J connectivity index is 2.64. The predicted octanol–water partition coefficient (Wildman–Crippen LogP) is 2.87. The maximum Gasteiger partial charge on any atom is 0.162 e. The molecule has 0 unspecified atom stereocenters. The number of ether oxygens (including phenoxy) is 3. The predicted molar refractivity (Wildman–Crippen MR) is 77.4 cm³/mol. The lowest BCUT2D eigenvalue weighted by Crippen LogP contribution is -2.16. The van der Waals surface area contributed by atoms with Gasteiger partial charge in [0.05, 0.1) is 13.7 Å². The van der Waals surface area contributed by atoms with Crippen LogP contribution in [0, 0.1) is 0 Å². The summed E-state index contributed by atoms with van der Waals surface area (Å²) in [5.41, 5.74) is 1.00. The zero-order valence-electron chi connectivity index (χ0n) is 11.8. The molecule has 0 amide bonds. The van der Waals surface area contributed by atoms with Crippen molar-refractivity contribution in [3.05, 3.63) is 22.7 Å². The quantitative estimate of drug-likeness (QED) is 0.709. The molecule has 1 N–H and O–H groups in total. The van der Waals surface area contributed by atoms with Gasteiger partial charge in [-0.1, -0.05) is 11.6 Å². The van der Waals surface area contributed by atoms with E-state index in [2.05, 4.69) is 5.32 Å². The molecule has 0 fully saturated rings. The zero-order valence-corrected chi connectivity index (χ0v) is 12.5. The molecule has 0 radical (unpaired) electrons. The normalized spacial score (nSPS) is 10.5. The summed E-state index contributed by atoms with van der Waals surface area (Å²) in [5, 5.41) is 4.00. The van der Waals surface area contributed by atoms with Crippen molar-refractivity contribution in [3.63, 3.8) is 0 Å². The second-order valence-electron chi connectivity index (χ2n) is 4.05. The minimum atomic E-state index is 0.596. The number of benzene rings is 1. The molecule has 108 valence electrons. The van der Waals surface area contributed by atoms with E-state index >= 15 is 0 Å². The number of rotatable bonds is 9. The van der Waals surface area contributed by atoms with Crippen molar-refractivity contribution in [2.75, 3.05) is 34.0 Å². The van der Waals surface area contributed by atoms with Crippen molar-refractivity contribution in [1.82, 2.24) is 5.32 Å². The molecule has 0 bridgehead atoms. The number of nitrogens with one attached hydrogen (secondary N) is 1. The maximum absolute atomic E-state index is 6.22. The Kier molecular flexibility index (Phi) is 7.63. The van der Waals surface area contributed by atoms with Gasteiger partial charge in [0.1, 0.15) is 0 Å². The number of hydrogen-bond acceptors (Lipinski definition) is 4. The molecule has 1 aromatic rings. The lowest BCUT2D eigenvalue weighted by atomic mass is 10.2. The largest absolute Gasteiger partial charge is 0.493 e. The van der Waals surface area contributed by atoms with Crippen LogP contribution in [-0.2, 0) is 11.3 Å². The van der Waals surface area contributed by atoms with Crippen LogP contribution in [0.4, 0.5) is 0 Å². The van der Waals surface area contributed by atoms with Crippen LogP contribution in [-0.4, -0.2) is 34.0 Å². The minimum absolute atomic E-state index is 0.596. The van der Waals surface area contributed by atoms with E-state index in [-0.39, 0.29) is 0 Å². The van der Waals surface area contributed by atoms with E-state index in [1.165, 1.54) is 0 Å². The molecule has 0 aliphatic rings. The molecule has 0 aliphatic heterocycles. The summed E-state index contributed by atoms with van der Waals surface area (Å²) in [5.74, 6) is 1.39. The Morgan fingerprint density at radius 3 is 2.63 bits per heavy atom. The van der Waals surface area contributed by atoms with Gasteiger partial charge in [-0.3, -0.25) is 0 Å². The highest BCUT2D eigenvalue weighted by Crippen LogP contribution is 2.33. The van der Waals surface area contributed by atoms with Crippen molar-refractivity contribution in [2.24, 2.45) is 0 Å². The Morgan fingerprint density at radius 1 is 1.21 bits per heavy atom.